The number of hydrogen-bond donors (Lipinski definition) is 0. The van der Waals surface area contributed by atoms with Crippen LogP contribution in [0, 0.1) is 19.7 Å². The largest absolute Gasteiger partial charge is 0.467 e. The highest BCUT2D eigenvalue weighted by Gasteiger charge is 2.20. The minimum Gasteiger partial charge on any atom is -0.467 e. The molecule has 3 aromatic carbocycles. The van der Waals surface area contributed by atoms with Crippen LogP contribution in [0.2, 0.25) is 0 Å². The van der Waals surface area contributed by atoms with Crippen LogP contribution in [0.25, 0.3) is 16.6 Å². The summed E-state index contributed by atoms with van der Waals surface area (Å²) in [5.41, 5.74) is 4.79. The first-order valence-electron chi connectivity index (χ1n) is 10.3. The van der Waals surface area contributed by atoms with E-state index in [2.05, 4.69) is 0 Å². The number of halogens is 1. The average molecular weight is 449 g/mol. The van der Waals surface area contributed by atoms with Crippen LogP contribution in [0.3, 0.4) is 0 Å². The molecule has 32 heavy (non-hydrogen) atoms. The van der Waals surface area contributed by atoms with Gasteiger partial charge in [0.05, 0.1) is 23.2 Å². The van der Waals surface area contributed by atoms with E-state index in [1.165, 1.54) is 23.9 Å². The lowest BCUT2D eigenvalue weighted by atomic mass is 10.1. The van der Waals surface area contributed by atoms with E-state index in [4.69, 9.17) is 14.5 Å². The third kappa shape index (κ3) is 3.67. The first kappa shape index (κ1) is 20.7. The van der Waals surface area contributed by atoms with Crippen LogP contribution in [-0.4, -0.2) is 16.3 Å². The summed E-state index contributed by atoms with van der Waals surface area (Å²) in [6.45, 7) is 4.46. The minimum absolute atomic E-state index is 0.127. The van der Waals surface area contributed by atoms with E-state index in [0.717, 1.165) is 16.8 Å². The van der Waals surface area contributed by atoms with Crippen molar-refractivity contribution < 1.29 is 13.9 Å². The third-order valence-electron chi connectivity index (χ3n) is 5.67. The third-order valence-corrected chi connectivity index (χ3v) is 6.66. The van der Waals surface area contributed by atoms with Gasteiger partial charge in [-0.25, -0.2) is 9.37 Å². The van der Waals surface area contributed by atoms with Crippen molar-refractivity contribution in [3.05, 3.63) is 93.0 Å². The standard InChI is InChI=1S/C25H21FN2O3S/c1-15-6-5-9-22(16(15)2)28-24(29)20-7-3-4-8-21(20)27-25(28)32-13-18-11-19(26)10-17-12-30-14-31-23(17)18/h3-11H,12-14H2,1-2H3. The number of benzene rings is 3. The summed E-state index contributed by atoms with van der Waals surface area (Å²) in [6, 6.07) is 16.1. The van der Waals surface area contributed by atoms with E-state index < -0.39 is 0 Å². The predicted molar refractivity (Wildman–Crippen MR) is 123 cm³/mol. The van der Waals surface area contributed by atoms with Crippen molar-refractivity contribution in [2.45, 2.75) is 31.4 Å². The van der Waals surface area contributed by atoms with Crippen molar-refractivity contribution in [3.8, 4) is 11.4 Å². The Kier molecular flexibility index (Phi) is 5.45. The Morgan fingerprint density at radius 1 is 1.12 bits per heavy atom. The lowest BCUT2D eigenvalue weighted by Gasteiger charge is -2.21. The van der Waals surface area contributed by atoms with Gasteiger partial charge in [0, 0.05) is 16.9 Å². The second kappa shape index (κ2) is 8.41. The molecule has 1 aliphatic rings. The molecule has 0 unspecified atom stereocenters. The zero-order valence-electron chi connectivity index (χ0n) is 17.7. The molecule has 1 aromatic heterocycles. The van der Waals surface area contributed by atoms with Crippen molar-refractivity contribution in [2.75, 3.05) is 6.79 Å². The summed E-state index contributed by atoms with van der Waals surface area (Å²) < 4.78 is 26.8. The van der Waals surface area contributed by atoms with Gasteiger partial charge in [-0.3, -0.25) is 9.36 Å². The Morgan fingerprint density at radius 2 is 1.97 bits per heavy atom. The lowest BCUT2D eigenvalue weighted by Crippen LogP contribution is -2.22. The summed E-state index contributed by atoms with van der Waals surface area (Å²) in [5.74, 6) is 0.703. The molecular weight excluding hydrogens is 427 g/mol. The SMILES string of the molecule is Cc1cccc(-n2c(SCc3cc(F)cc4c3OCOC4)nc3ccccc3c2=O)c1C. The molecule has 0 saturated heterocycles. The lowest BCUT2D eigenvalue weighted by molar-refractivity contribution is -0.0171. The molecule has 5 rings (SSSR count). The van der Waals surface area contributed by atoms with Crippen molar-refractivity contribution in [1.29, 1.82) is 0 Å². The number of thioether (sulfide) groups is 1. The van der Waals surface area contributed by atoms with Gasteiger partial charge in [0.1, 0.15) is 11.6 Å². The number of aryl methyl sites for hydroxylation is 1. The van der Waals surface area contributed by atoms with Gasteiger partial charge >= 0.3 is 0 Å². The maximum atomic E-state index is 14.2. The van der Waals surface area contributed by atoms with Crippen molar-refractivity contribution in [2.24, 2.45) is 0 Å². The molecule has 7 heteroatoms. The van der Waals surface area contributed by atoms with Crippen molar-refractivity contribution in [3.63, 3.8) is 0 Å². The highest BCUT2D eigenvalue weighted by Crippen LogP contribution is 2.34. The van der Waals surface area contributed by atoms with E-state index in [0.29, 0.717) is 45.3 Å². The first-order chi connectivity index (χ1) is 15.5. The molecule has 0 radical (unpaired) electrons. The Hall–Kier alpha value is -3.16. The molecule has 162 valence electrons. The fourth-order valence-corrected chi connectivity index (χ4v) is 4.88. The molecular formula is C25H21FN2O3S. The van der Waals surface area contributed by atoms with Gasteiger partial charge in [-0.15, -0.1) is 0 Å². The van der Waals surface area contributed by atoms with Gasteiger partial charge in [-0.2, -0.15) is 0 Å². The summed E-state index contributed by atoms with van der Waals surface area (Å²) in [6.07, 6.45) is 0. The van der Waals surface area contributed by atoms with Gasteiger partial charge in [-0.1, -0.05) is 36.0 Å². The summed E-state index contributed by atoms with van der Waals surface area (Å²) >= 11 is 1.38. The second-order valence-corrected chi connectivity index (χ2v) is 8.67. The highest BCUT2D eigenvalue weighted by molar-refractivity contribution is 7.98. The van der Waals surface area contributed by atoms with Gasteiger partial charge in [0.2, 0.25) is 0 Å². The number of hydrogen-bond acceptors (Lipinski definition) is 5. The Morgan fingerprint density at radius 3 is 2.84 bits per heavy atom. The molecule has 0 amide bonds. The molecule has 0 atom stereocenters. The van der Waals surface area contributed by atoms with Crippen LogP contribution in [-0.2, 0) is 17.1 Å². The van der Waals surface area contributed by atoms with Crippen LogP contribution in [0.15, 0.2) is 64.5 Å². The maximum Gasteiger partial charge on any atom is 0.266 e. The molecule has 0 bridgehead atoms. The molecule has 1 aliphatic heterocycles. The maximum absolute atomic E-state index is 14.2. The van der Waals surface area contributed by atoms with Crippen molar-refractivity contribution >= 4 is 22.7 Å². The first-order valence-corrected chi connectivity index (χ1v) is 11.2. The number of nitrogens with zero attached hydrogens (tertiary/aromatic N) is 2. The molecule has 0 spiro atoms. The fourth-order valence-electron chi connectivity index (χ4n) is 3.91. The van der Waals surface area contributed by atoms with Gasteiger partial charge in [-0.05, 0) is 55.3 Å². The van der Waals surface area contributed by atoms with Crippen LogP contribution in [0.5, 0.6) is 5.75 Å². The second-order valence-electron chi connectivity index (χ2n) is 7.72. The van der Waals surface area contributed by atoms with Crippen LogP contribution in [0.1, 0.15) is 22.3 Å². The Bertz CT molecular complexity index is 1400. The van der Waals surface area contributed by atoms with Gasteiger partial charge in [0.15, 0.2) is 11.9 Å². The molecule has 4 aromatic rings. The smallest absolute Gasteiger partial charge is 0.266 e. The number of para-hydroxylation sites is 1. The molecule has 0 N–H and O–H groups in total. The quantitative estimate of drug-likeness (QED) is 0.313. The number of aromatic nitrogens is 2. The van der Waals surface area contributed by atoms with Crippen molar-refractivity contribution in [1.82, 2.24) is 9.55 Å². The van der Waals surface area contributed by atoms with E-state index in [9.17, 15) is 9.18 Å². The summed E-state index contributed by atoms with van der Waals surface area (Å²) in [4.78, 5) is 18.3. The average Bonchev–Trinajstić information content (AvgIpc) is 2.80. The van der Waals surface area contributed by atoms with E-state index in [1.54, 1.807) is 10.6 Å². The molecule has 2 heterocycles. The fraction of sp³-hybridized carbons (Fsp3) is 0.200. The van der Waals surface area contributed by atoms with E-state index in [1.807, 2.05) is 50.2 Å². The minimum atomic E-state index is -0.341. The zero-order valence-corrected chi connectivity index (χ0v) is 18.5. The topological polar surface area (TPSA) is 53.4 Å². The monoisotopic (exact) mass is 448 g/mol. The van der Waals surface area contributed by atoms with Gasteiger partial charge < -0.3 is 9.47 Å². The summed E-state index contributed by atoms with van der Waals surface area (Å²) in [5, 5.41) is 1.11. The molecule has 5 nitrogen and oxygen atoms in total. The Balaban J connectivity index is 1.64. The van der Waals surface area contributed by atoms with E-state index >= 15 is 0 Å². The molecule has 0 fully saturated rings. The number of ether oxygens (including phenoxy) is 2. The predicted octanol–water partition coefficient (Wildman–Crippen LogP) is 5.30. The number of rotatable bonds is 4. The number of fused-ring (bicyclic) bond motifs is 2. The van der Waals surface area contributed by atoms with Gasteiger partial charge in [0.25, 0.3) is 5.56 Å². The van der Waals surface area contributed by atoms with E-state index in [-0.39, 0.29) is 18.2 Å². The zero-order chi connectivity index (χ0) is 22.2. The Labute approximate surface area is 188 Å². The van der Waals surface area contributed by atoms with Crippen LogP contribution >= 0.6 is 11.8 Å². The van der Waals surface area contributed by atoms with Crippen LogP contribution < -0.4 is 10.3 Å². The normalized spacial score (nSPS) is 13.1. The molecule has 0 saturated carbocycles. The summed E-state index contributed by atoms with van der Waals surface area (Å²) in [7, 11) is 0. The highest BCUT2D eigenvalue weighted by atomic mass is 32.2. The molecule has 0 aliphatic carbocycles. The van der Waals surface area contributed by atoms with Crippen LogP contribution in [0.4, 0.5) is 4.39 Å².